The number of nitrogens with zero attached hydrogens (tertiary/aromatic N) is 3. The maximum atomic E-state index is 14.5. The van der Waals surface area contributed by atoms with Crippen LogP contribution in [0, 0.1) is 18.6 Å². The number of rotatable bonds is 12. The molecular formula is C26H31F2N3O3. The van der Waals surface area contributed by atoms with E-state index in [1.807, 2.05) is 51.1 Å². The first kappa shape index (κ1) is 25.6. The fourth-order valence-corrected chi connectivity index (χ4v) is 3.50. The summed E-state index contributed by atoms with van der Waals surface area (Å²) in [6, 6.07) is 12.6. The first-order valence-electron chi connectivity index (χ1n) is 11.2. The summed E-state index contributed by atoms with van der Waals surface area (Å²) in [5.41, 5.74) is 2.17. The minimum absolute atomic E-state index is 0.0870. The SMILES string of the molecule is C=CCOCC(O)CN(Cc1c(C)nn(-c2ccccc2)c1Oc1ccc(F)cc1F)C(C)C. The number of benzene rings is 2. The van der Waals surface area contributed by atoms with E-state index in [1.165, 1.54) is 6.07 Å². The van der Waals surface area contributed by atoms with Crippen LogP contribution in [0.1, 0.15) is 25.1 Å². The fourth-order valence-electron chi connectivity index (χ4n) is 3.50. The predicted octanol–water partition coefficient (Wildman–Crippen LogP) is 5.03. The van der Waals surface area contributed by atoms with Crippen molar-refractivity contribution in [1.29, 1.82) is 0 Å². The molecule has 0 aliphatic carbocycles. The molecule has 6 nitrogen and oxygen atoms in total. The van der Waals surface area contributed by atoms with E-state index in [9.17, 15) is 13.9 Å². The van der Waals surface area contributed by atoms with Crippen molar-refractivity contribution in [1.82, 2.24) is 14.7 Å². The number of para-hydroxylation sites is 1. The van der Waals surface area contributed by atoms with Crippen LogP contribution in [-0.2, 0) is 11.3 Å². The van der Waals surface area contributed by atoms with E-state index in [1.54, 1.807) is 10.8 Å². The van der Waals surface area contributed by atoms with Crippen LogP contribution in [0.4, 0.5) is 8.78 Å². The third-order valence-corrected chi connectivity index (χ3v) is 5.32. The summed E-state index contributed by atoms with van der Waals surface area (Å²) >= 11 is 0. The Kier molecular flexibility index (Phi) is 8.92. The number of aliphatic hydroxyl groups is 1. The average molecular weight is 472 g/mol. The van der Waals surface area contributed by atoms with Gasteiger partial charge >= 0.3 is 0 Å². The number of aromatic nitrogens is 2. The lowest BCUT2D eigenvalue weighted by atomic mass is 10.2. The van der Waals surface area contributed by atoms with Crippen LogP contribution in [0.15, 0.2) is 61.2 Å². The van der Waals surface area contributed by atoms with Crippen molar-refractivity contribution < 1.29 is 23.4 Å². The van der Waals surface area contributed by atoms with Gasteiger partial charge in [-0.05, 0) is 45.0 Å². The topological polar surface area (TPSA) is 59.8 Å². The zero-order chi connectivity index (χ0) is 24.7. The van der Waals surface area contributed by atoms with Crippen molar-refractivity contribution >= 4 is 0 Å². The highest BCUT2D eigenvalue weighted by molar-refractivity contribution is 5.43. The molecule has 1 unspecified atom stereocenters. The van der Waals surface area contributed by atoms with Crippen LogP contribution in [0.3, 0.4) is 0 Å². The van der Waals surface area contributed by atoms with E-state index >= 15 is 0 Å². The first-order chi connectivity index (χ1) is 16.3. The molecule has 8 heteroatoms. The number of hydrogen-bond acceptors (Lipinski definition) is 5. The molecule has 3 aromatic rings. The predicted molar refractivity (Wildman–Crippen MR) is 127 cm³/mol. The van der Waals surface area contributed by atoms with Gasteiger partial charge in [0.25, 0.3) is 0 Å². The minimum atomic E-state index is -0.806. The molecule has 0 aliphatic heterocycles. The summed E-state index contributed by atoms with van der Waals surface area (Å²) in [5.74, 6) is -1.26. The summed E-state index contributed by atoms with van der Waals surface area (Å²) in [7, 11) is 0. The standard InChI is InChI=1S/C26H31F2N3O3/c1-5-13-33-17-22(32)15-30(18(2)3)16-23-19(4)29-31(21-9-7-6-8-10-21)26(23)34-25-12-11-20(27)14-24(25)28/h5-12,14,18,22,32H,1,13,15-17H2,2-4H3. The number of aliphatic hydroxyl groups excluding tert-OH is 1. The van der Waals surface area contributed by atoms with Crippen LogP contribution in [0.2, 0.25) is 0 Å². The van der Waals surface area contributed by atoms with Crippen LogP contribution in [0.25, 0.3) is 5.69 Å². The molecular weight excluding hydrogens is 440 g/mol. The third-order valence-electron chi connectivity index (χ3n) is 5.32. The maximum absolute atomic E-state index is 14.5. The first-order valence-corrected chi connectivity index (χ1v) is 11.2. The van der Waals surface area contributed by atoms with Crippen molar-refractivity contribution in [2.75, 3.05) is 19.8 Å². The Bertz CT molecular complexity index is 1090. The van der Waals surface area contributed by atoms with Gasteiger partial charge in [0, 0.05) is 25.2 Å². The van der Waals surface area contributed by atoms with Crippen molar-refractivity contribution in [2.24, 2.45) is 0 Å². The zero-order valence-electron chi connectivity index (χ0n) is 19.7. The highest BCUT2D eigenvalue weighted by Gasteiger charge is 2.24. The lowest BCUT2D eigenvalue weighted by molar-refractivity contribution is 0.0176. The quantitative estimate of drug-likeness (QED) is 0.297. The highest BCUT2D eigenvalue weighted by atomic mass is 19.1. The highest BCUT2D eigenvalue weighted by Crippen LogP contribution is 2.33. The van der Waals surface area contributed by atoms with Gasteiger partial charge in [-0.15, -0.1) is 6.58 Å². The lowest BCUT2D eigenvalue weighted by Crippen LogP contribution is -2.39. The van der Waals surface area contributed by atoms with Crippen molar-refractivity contribution in [3.63, 3.8) is 0 Å². The van der Waals surface area contributed by atoms with Gasteiger partial charge in [0.15, 0.2) is 11.6 Å². The number of aryl methyl sites for hydroxylation is 1. The number of ether oxygens (including phenoxy) is 2. The molecule has 0 bridgehead atoms. The molecule has 1 aromatic heterocycles. The normalized spacial score (nSPS) is 12.4. The third kappa shape index (κ3) is 6.50. The van der Waals surface area contributed by atoms with E-state index in [4.69, 9.17) is 9.47 Å². The Morgan fingerprint density at radius 2 is 1.91 bits per heavy atom. The van der Waals surface area contributed by atoms with Gasteiger partial charge in [-0.3, -0.25) is 4.90 Å². The van der Waals surface area contributed by atoms with E-state index < -0.39 is 17.7 Å². The second kappa shape index (κ2) is 11.9. The Labute approximate surface area is 199 Å². The molecule has 1 atom stereocenters. The molecule has 0 aliphatic rings. The van der Waals surface area contributed by atoms with Crippen molar-refractivity contribution in [3.8, 4) is 17.3 Å². The maximum Gasteiger partial charge on any atom is 0.227 e. The van der Waals surface area contributed by atoms with Gasteiger partial charge in [-0.25, -0.2) is 13.5 Å². The molecule has 1 heterocycles. The monoisotopic (exact) mass is 471 g/mol. The van der Waals surface area contributed by atoms with Crippen molar-refractivity contribution in [2.45, 2.75) is 39.5 Å². The summed E-state index contributed by atoms with van der Waals surface area (Å²) < 4.78 is 40.9. The summed E-state index contributed by atoms with van der Waals surface area (Å²) in [5, 5.41) is 15.1. The second-order valence-corrected chi connectivity index (χ2v) is 8.30. The molecule has 0 saturated carbocycles. The molecule has 0 radical (unpaired) electrons. The largest absolute Gasteiger partial charge is 0.435 e. The Hall–Kier alpha value is -3.07. The molecule has 0 saturated heterocycles. The van der Waals surface area contributed by atoms with Gasteiger partial charge in [-0.1, -0.05) is 24.3 Å². The molecule has 1 N–H and O–H groups in total. The van der Waals surface area contributed by atoms with Gasteiger partial charge in [0.05, 0.1) is 36.3 Å². The Morgan fingerprint density at radius 1 is 1.18 bits per heavy atom. The molecule has 0 spiro atoms. The van der Waals surface area contributed by atoms with E-state index in [2.05, 4.69) is 16.6 Å². The minimum Gasteiger partial charge on any atom is -0.435 e. The van der Waals surface area contributed by atoms with E-state index in [0.717, 1.165) is 23.4 Å². The molecule has 182 valence electrons. The van der Waals surface area contributed by atoms with Crippen molar-refractivity contribution in [3.05, 3.63) is 84.1 Å². The lowest BCUT2D eigenvalue weighted by Gasteiger charge is -2.29. The van der Waals surface area contributed by atoms with Gasteiger partial charge in [0.1, 0.15) is 5.82 Å². The fraction of sp³-hybridized carbons (Fsp3) is 0.346. The van der Waals surface area contributed by atoms with Crippen LogP contribution < -0.4 is 4.74 Å². The van der Waals surface area contributed by atoms with E-state index in [0.29, 0.717) is 31.3 Å². The summed E-state index contributed by atoms with van der Waals surface area (Å²) in [6.07, 6.45) is 0.928. The second-order valence-electron chi connectivity index (χ2n) is 8.30. The smallest absolute Gasteiger partial charge is 0.227 e. The number of hydrogen-bond donors (Lipinski definition) is 1. The average Bonchev–Trinajstić information content (AvgIpc) is 3.11. The van der Waals surface area contributed by atoms with Gasteiger partial charge in [-0.2, -0.15) is 5.10 Å². The van der Waals surface area contributed by atoms with Crippen LogP contribution in [0.5, 0.6) is 11.6 Å². The zero-order valence-corrected chi connectivity index (χ0v) is 19.7. The van der Waals surface area contributed by atoms with E-state index in [-0.39, 0.29) is 18.4 Å². The van der Waals surface area contributed by atoms with Gasteiger partial charge < -0.3 is 14.6 Å². The number of halogens is 2. The summed E-state index contributed by atoms with van der Waals surface area (Å²) in [4.78, 5) is 2.06. The van der Waals surface area contributed by atoms with Crippen LogP contribution in [-0.4, -0.2) is 51.7 Å². The van der Waals surface area contributed by atoms with Gasteiger partial charge in [0.2, 0.25) is 5.88 Å². The Balaban J connectivity index is 1.96. The molecule has 0 amide bonds. The Morgan fingerprint density at radius 3 is 2.56 bits per heavy atom. The molecule has 2 aromatic carbocycles. The summed E-state index contributed by atoms with van der Waals surface area (Å²) in [6.45, 7) is 10.8. The molecule has 3 rings (SSSR count). The van der Waals surface area contributed by atoms with Crippen LogP contribution >= 0.6 is 0 Å². The molecule has 0 fully saturated rings. The molecule has 34 heavy (non-hydrogen) atoms.